The summed E-state index contributed by atoms with van der Waals surface area (Å²) in [5.74, 6) is 0. The highest BCUT2D eigenvalue weighted by Crippen LogP contribution is 2.26. The summed E-state index contributed by atoms with van der Waals surface area (Å²) in [6.45, 7) is 5.68. The zero-order valence-corrected chi connectivity index (χ0v) is 13.9. The smallest absolute Gasteiger partial charge is 0.241 e. The normalized spacial score (nSPS) is 13.5. The number of unbranched alkanes of at least 4 members (excludes halogenated alkanes) is 1. The van der Waals surface area contributed by atoms with E-state index in [4.69, 9.17) is 5.73 Å². The standard InChI is InChI=1S/C13H21BrN2O2S/c1-4-5-6-9(2)16-19(17,18)13-8-11(14)7-12(15)10(13)3/h7-9,16H,4-6,15H2,1-3H3. The van der Waals surface area contributed by atoms with Crippen LogP contribution < -0.4 is 10.5 Å². The second-order valence-electron chi connectivity index (χ2n) is 4.78. The molecule has 3 N–H and O–H groups in total. The molecule has 0 aromatic heterocycles. The summed E-state index contributed by atoms with van der Waals surface area (Å²) in [5, 5.41) is 0. The summed E-state index contributed by atoms with van der Waals surface area (Å²) < 4.78 is 28.0. The molecule has 0 fully saturated rings. The molecular formula is C13H21BrN2O2S. The summed E-state index contributed by atoms with van der Waals surface area (Å²) in [7, 11) is -3.53. The molecule has 1 aromatic carbocycles. The molecule has 0 saturated carbocycles. The monoisotopic (exact) mass is 348 g/mol. The number of halogens is 1. The maximum atomic E-state index is 12.3. The third-order valence-corrected chi connectivity index (χ3v) is 5.18. The minimum absolute atomic E-state index is 0.0791. The van der Waals surface area contributed by atoms with Crippen molar-refractivity contribution in [3.05, 3.63) is 22.2 Å². The van der Waals surface area contributed by atoms with E-state index in [9.17, 15) is 8.42 Å². The molecule has 0 radical (unpaired) electrons. The van der Waals surface area contributed by atoms with Crippen LogP contribution in [0.4, 0.5) is 5.69 Å². The molecule has 0 spiro atoms. The molecular weight excluding hydrogens is 328 g/mol. The molecule has 0 aliphatic carbocycles. The second kappa shape index (κ2) is 6.72. The summed E-state index contributed by atoms with van der Waals surface area (Å²) in [6, 6.07) is 3.21. The number of nitrogens with one attached hydrogen (secondary N) is 1. The number of anilines is 1. The van der Waals surface area contributed by atoms with Gasteiger partial charge >= 0.3 is 0 Å². The quantitative estimate of drug-likeness (QED) is 0.775. The highest BCUT2D eigenvalue weighted by atomic mass is 79.9. The highest BCUT2D eigenvalue weighted by molar-refractivity contribution is 9.10. The fourth-order valence-corrected chi connectivity index (χ4v) is 4.06. The Morgan fingerprint density at radius 3 is 2.63 bits per heavy atom. The maximum absolute atomic E-state index is 12.3. The summed E-state index contributed by atoms with van der Waals surface area (Å²) >= 11 is 3.28. The van der Waals surface area contributed by atoms with Crippen LogP contribution in [0.25, 0.3) is 0 Å². The first-order valence-corrected chi connectivity index (χ1v) is 8.63. The predicted molar refractivity (Wildman–Crippen MR) is 82.6 cm³/mol. The van der Waals surface area contributed by atoms with E-state index in [0.29, 0.717) is 15.7 Å². The summed E-state index contributed by atoms with van der Waals surface area (Å²) in [4.78, 5) is 0.239. The fourth-order valence-electron chi connectivity index (χ4n) is 1.85. The van der Waals surface area contributed by atoms with Gasteiger partial charge in [-0.3, -0.25) is 0 Å². The van der Waals surface area contributed by atoms with E-state index in [1.54, 1.807) is 19.1 Å². The van der Waals surface area contributed by atoms with Crippen molar-refractivity contribution >= 4 is 31.6 Å². The molecule has 108 valence electrons. The van der Waals surface area contributed by atoms with Crippen molar-refractivity contribution in [1.82, 2.24) is 4.72 Å². The van der Waals surface area contributed by atoms with Crippen molar-refractivity contribution in [3.63, 3.8) is 0 Å². The lowest BCUT2D eigenvalue weighted by molar-refractivity contribution is 0.534. The van der Waals surface area contributed by atoms with Crippen molar-refractivity contribution in [2.45, 2.75) is 51.0 Å². The molecule has 0 amide bonds. The lowest BCUT2D eigenvalue weighted by Gasteiger charge is -2.16. The van der Waals surface area contributed by atoms with E-state index in [1.807, 2.05) is 6.92 Å². The summed E-state index contributed by atoms with van der Waals surface area (Å²) in [6.07, 6.45) is 2.89. The molecule has 0 bridgehead atoms. The number of benzene rings is 1. The Morgan fingerprint density at radius 1 is 1.42 bits per heavy atom. The number of nitrogen functional groups attached to an aromatic ring is 1. The number of hydrogen-bond acceptors (Lipinski definition) is 3. The van der Waals surface area contributed by atoms with Crippen LogP contribution in [0, 0.1) is 6.92 Å². The number of rotatable bonds is 6. The first-order valence-electron chi connectivity index (χ1n) is 6.36. The lowest BCUT2D eigenvalue weighted by Crippen LogP contribution is -2.33. The van der Waals surface area contributed by atoms with E-state index in [2.05, 4.69) is 27.6 Å². The van der Waals surface area contributed by atoms with Gasteiger partial charge in [-0.25, -0.2) is 13.1 Å². The molecule has 1 unspecified atom stereocenters. The zero-order valence-electron chi connectivity index (χ0n) is 11.5. The van der Waals surface area contributed by atoms with Crippen LogP contribution >= 0.6 is 15.9 Å². The predicted octanol–water partition coefficient (Wildman–Crippen LogP) is 3.20. The number of hydrogen-bond donors (Lipinski definition) is 2. The van der Waals surface area contributed by atoms with Crippen LogP contribution in [0.2, 0.25) is 0 Å². The van der Waals surface area contributed by atoms with Gasteiger partial charge in [0.25, 0.3) is 0 Å². The van der Waals surface area contributed by atoms with Gasteiger partial charge in [-0.1, -0.05) is 35.7 Å². The molecule has 0 aliphatic rings. The SMILES string of the molecule is CCCCC(C)NS(=O)(=O)c1cc(Br)cc(N)c1C. The summed E-state index contributed by atoms with van der Waals surface area (Å²) in [5.41, 5.74) is 6.86. The number of nitrogens with two attached hydrogens (primary N) is 1. The molecule has 0 heterocycles. The Kier molecular flexibility index (Phi) is 5.82. The van der Waals surface area contributed by atoms with Crippen LogP contribution in [0.15, 0.2) is 21.5 Å². The van der Waals surface area contributed by atoms with Crippen LogP contribution in [-0.4, -0.2) is 14.5 Å². The lowest BCUT2D eigenvalue weighted by atomic mass is 10.2. The molecule has 0 aliphatic heterocycles. The van der Waals surface area contributed by atoms with Crippen molar-refractivity contribution in [3.8, 4) is 0 Å². The third kappa shape index (κ3) is 4.47. The third-order valence-electron chi connectivity index (χ3n) is 3.00. The first kappa shape index (κ1) is 16.5. The Hall–Kier alpha value is -0.590. The van der Waals surface area contributed by atoms with E-state index in [0.717, 1.165) is 19.3 Å². The maximum Gasteiger partial charge on any atom is 0.241 e. The minimum atomic E-state index is -3.53. The Bertz CT molecular complexity index is 544. The first-order chi connectivity index (χ1) is 8.77. The van der Waals surface area contributed by atoms with Crippen LogP contribution in [0.5, 0.6) is 0 Å². The van der Waals surface area contributed by atoms with Crippen LogP contribution in [0.3, 0.4) is 0 Å². The van der Waals surface area contributed by atoms with Gasteiger partial charge in [0.1, 0.15) is 0 Å². The van der Waals surface area contributed by atoms with Gasteiger partial charge < -0.3 is 5.73 Å². The molecule has 4 nitrogen and oxygen atoms in total. The van der Waals surface area contributed by atoms with E-state index >= 15 is 0 Å². The van der Waals surface area contributed by atoms with Crippen molar-refractivity contribution in [2.75, 3.05) is 5.73 Å². The fraction of sp³-hybridized carbons (Fsp3) is 0.538. The Morgan fingerprint density at radius 2 is 2.05 bits per heavy atom. The minimum Gasteiger partial charge on any atom is -0.398 e. The molecule has 19 heavy (non-hydrogen) atoms. The van der Waals surface area contributed by atoms with E-state index < -0.39 is 10.0 Å². The largest absolute Gasteiger partial charge is 0.398 e. The van der Waals surface area contributed by atoms with Gasteiger partial charge in [-0.05, 0) is 38.0 Å². The van der Waals surface area contributed by atoms with Gasteiger partial charge in [-0.15, -0.1) is 0 Å². The molecule has 0 saturated heterocycles. The molecule has 1 atom stereocenters. The zero-order chi connectivity index (χ0) is 14.6. The van der Waals surface area contributed by atoms with Crippen LogP contribution in [-0.2, 0) is 10.0 Å². The van der Waals surface area contributed by atoms with Crippen molar-refractivity contribution < 1.29 is 8.42 Å². The van der Waals surface area contributed by atoms with Gasteiger partial charge in [0, 0.05) is 16.2 Å². The second-order valence-corrected chi connectivity index (χ2v) is 7.38. The van der Waals surface area contributed by atoms with Gasteiger partial charge in [0.2, 0.25) is 10.0 Å². The number of sulfonamides is 1. The Balaban J connectivity index is 3.01. The van der Waals surface area contributed by atoms with Crippen molar-refractivity contribution in [2.24, 2.45) is 0 Å². The molecule has 1 rings (SSSR count). The molecule has 6 heteroatoms. The van der Waals surface area contributed by atoms with Crippen LogP contribution in [0.1, 0.15) is 38.7 Å². The van der Waals surface area contributed by atoms with Gasteiger partial charge in [-0.2, -0.15) is 0 Å². The topological polar surface area (TPSA) is 72.2 Å². The average molecular weight is 349 g/mol. The van der Waals surface area contributed by atoms with E-state index in [1.165, 1.54) is 0 Å². The van der Waals surface area contributed by atoms with Crippen molar-refractivity contribution in [1.29, 1.82) is 0 Å². The highest BCUT2D eigenvalue weighted by Gasteiger charge is 2.21. The Labute approximate surface area is 124 Å². The van der Waals surface area contributed by atoms with E-state index in [-0.39, 0.29) is 10.9 Å². The van der Waals surface area contributed by atoms with Gasteiger partial charge in [0.15, 0.2) is 0 Å². The average Bonchev–Trinajstić information content (AvgIpc) is 2.30. The molecule has 1 aromatic rings. The van der Waals surface area contributed by atoms with Gasteiger partial charge in [0.05, 0.1) is 4.90 Å².